The molecule has 0 spiro atoms. The van der Waals surface area contributed by atoms with Crippen LogP contribution in [-0.2, 0) is 26.0 Å². The van der Waals surface area contributed by atoms with Crippen molar-refractivity contribution in [1.82, 2.24) is 4.72 Å². The summed E-state index contributed by atoms with van der Waals surface area (Å²) in [6, 6.07) is 10.3. The fourth-order valence-electron chi connectivity index (χ4n) is 3.21. The first-order valence-electron chi connectivity index (χ1n) is 9.21. The van der Waals surface area contributed by atoms with Crippen molar-refractivity contribution in [2.75, 3.05) is 23.3 Å². The van der Waals surface area contributed by atoms with Gasteiger partial charge in [0.25, 0.3) is 0 Å². The SMILES string of the molecule is CC(=O)N1CCc2cc(S(=O)(=O)NCCC(=O)Nc3cccc(C(=O)O)c3)ccc21. The van der Waals surface area contributed by atoms with E-state index >= 15 is 0 Å². The zero-order valence-electron chi connectivity index (χ0n) is 16.2. The molecular formula is C20H21N3O6S. The van der Waals surface area contributed by atoms with Gasteiger partial charge in [0, 0.05) is 37.8 Å². The zero-order chi connectivity index (χ0) is 21.9. The molecule has 0 bridgehead atoms. The number of fused-ring (bicyclic) bond motifs is 1. The van der Waals surface area contributed by atoms with Gasteiger partial charge >= 0.3 is 5.97 Å². The molecule has 1 heterocycles. The number of aromatic carboxylic acids is 1. The maximum atomic E-state index is 12.5. The fourth-order valence-corrected chi connectivity index (χ4v) is 4.29. The van der Waals surface area contributed by atoms with E-state index in [-0.39, 0.29) is 29.3 Å². The Kier molecular flexibility index (Phi) is 6.18. The lowest BCUT2D eigenvalue weighted by Gasteiger charge is -2.15. The Morgan fingerprint density at radius 3 is 2.60 bits per heavy atom. The lowest BCUT2D eigenvalue weighted by atomic mass is 10.2. The van der Waals surface area contributed by atoms with Crippen molar-refractivity contribution in [2.45, 2.75) is 24.7 Å². The number of carbonyl (C=O) groups excluding carboxylic acids is 2. The normalized spacial score (nSPS) is 13.0. The molecule has 0 aliphatic carbocycles. The van der Waals surface area contributed by atoms with Crippen LogP contribution >= 0.6 is 0 Å². The first-order valence-corrected chi connectivity index (χ1v) is 10.7. The topological polar surface area (TPSA) is 133 Å². The van der Waals surface area contributed by atoms with Crippen molar-refractivity contribution in [3.05, 3.63) is 53.6 Å². The van der Waals surface area contributed by atoms with Gasteiger partial charge in [0.05, 0.1) is 10.5 Å². The highest BCUT2D eigenvalue weighted by Crippen LogP contribution is 2.30. The van der Waals surface area contributed by atoms with Crippen LogP contribution in [0, 0.1) is 0 Å². The van der Waals surface area contributed by atoms with E-state index in [1.54, 1.807) is 17.0 Å². The lowest BCUT2D eigenvalue weighted by molar-refractivity contribution is -0.117. The highest BCUT2D eigenvalue weighted by molar-refractivity contribution is 7.89. The number of amides is 2. The van der Waals surface area contributed by atoms with E-state index in [2.05, 4.69) is 10.0 Å². The van der Waals surface area contributed by atoms with Crippen LogP contribution in [0.4, 0.5) is 11.4 Å². The second kappa shape index (κ2) is 8.64. The molecule has 0 aromatic heterocycles. The Balaban J connectivity index is 1.58. The summed E-state index contributed by atoms with van der Waals surface area (Å²) in [5.41, 5.74) is 1.85. The van der Waals surface area contributed by atoms with Crippen molar-refractivity contribution in [3.63, 3.8) is 0 Å². The van der Waals surface area contributed by atoms with E-state index in [9.17, 15) is 22.8 Å². The molecule has 0 unspecified atom stereocenters. The Morgan fingerprint density at radius 1 is 1.13 bits per heavy atom. The summed E-state index contributed by atoms with van der Waals surface area (Å²) in [5, 5.41) is 11.5. The van der Waals surface area contributed by atoms with Crippen molar-refractivity contribution in [1.29, 1.82) is 0 Å². The number of anilines is 2. The van der Waals surface area contributed by atoms with Gasteiger partial charge in [0.1, 0.15) is 0 Å². The van der Waals surface area contributed by atoms with Crippen molar-refractivity contribution >= 4 is 39.2 Å². The van der Waals surface area contributed by atoms with Crippen LogP contribution in [0.2, 0.25) is 0 Å². The third kappa shape index (κ3) is 4.84. The molecule has 2 aromatic rings. The van der Waals surface area contributed by atoms with Gasteiger partial charge in [0.15, 0.2) is 0 Å². The molecule has 0 fully saturated rings. The lowest BCUT2D eigenvalue weighted by Crippen LogP contribution is -2.28. The van der Waals surface area contributed by atoms with Crippen LogP contribution in [-0.4, -0.2) is 44.4 Å². The monoisotopic (exact) mass is 431 g/mol. The summed E-state index contributed by atoms with van der Waals surface area (Å²) in [4.78, 5) is 36.3. The van der Waals surface area contributed by atoms with Crippen LogP contribution in [0.3, 0.4) is 0 Å². The number of hydrogen-bond acceptors (Lipinski definition) is 5. The maximum Gasteiger partial charge on any atom is 0.335 e. The van der Waals surface area contributed by atoms with Gasteiger partial charge in [-0.15, -0.1) is 0 Å². The van der Waals surface area contributed by atoms with Gasteiger partial charge < -0.3 is 15.3 Å². The van der Waals surface area contributed by atoms with E-state index in [0.717, 1.165) is 5.56 Å². The molecular weight excluding hydrogens is 410 g/mol. The average molecular weight is 431 g/mol. The van der Waals surface area contributed by atoms with E-state index in [4.69, 9.17) is 5.11 Å². The van der Waals surface area contributed by atoms with Gasteiger partial charge in [-0.25, -0.2) is 17.9 Å². The Bertz CT molecular complexity index is 1110. The van der Waals surface area contributed by atoms with Gasteiger partial charge in [-0.2, -0.15) is 0 Å². The highest BCUT2D eigenvalue weighted by Gasteiger charge is 2.24. The van der Waals surface area contributed by atoms with Gasteiger partial charge in [-0.05, 0) is 48.4 Å². The minimum absolute atomic E-state index is 0.0356. The quantitative estimate of drug-likeness (QED) is 0.610. The number of benzene rings is 2. The second-order valence-electron chi connectivity index (χ2n) is 6.79. The van der Waals surface area contributed by atoms with Crippen LogP contribution in [0.25, 0.3) is 0 Å². The molecule has 10 heteroatoms. The number of sulfonamides is 1. The van der Waals surface area contributed by atoms with E-state index in [1.807, 2.05) is 0 Å². The van der Waals surface area contributed by atoms with Crippen molar-refractivity contribution < 1.29 is 27.9 Å². The summed E-state index contributed by atoms with van der Waals surface area (Å²) in [5.74, 6) is -1.66. The van der Waals surface area contributed by atoms with Crippen molar-refractivity contribution in [2.24, 2.45) is 0 Å². The number of hydrogen-bond donors (Lipinski definition) is 3. The van der Waals surface area contributed by atoms with E-state index in [1.165, 1.54) is 37.3 Å². The first kappa shape index (κ1) is 21.5. The summed E-state index contributed by atoms with van der Waals surface area (Å²) >= 11 is 0. The minimum atomic E-state index is -3.82. The van der Waals surface area contributed by atoms with E-state index in [0.29, 0.717) is 24.3 Å². The van der Waals surface area contributed by atoms with Crippen LogP contribution < -0.4 is 14.9 Å². The minimum Gasteiger partial charge on any atom is -0.478 e. The van der Waals surface area contributed by atoms with Crippen molar-refractivity contribution in [3.8, 4) is 0 Å². The summed E-state index contributed by atoms with van der Waals surface area (Å²) in [7, 11) is -3.82. The Labute approximate surface area is 173 Å². The number of nitrogens with one attached hydrogen (secondary N) is 2. The number of carboxylic acids is 1. The molecule has 0 saturated heterocycles. The smallest absolute Gasteiger partial charge is 0.335 e. The molecule has 0 saturated carbocycles. The molecule has 2 aromatic carbocycles. The molecule has 158 valence electrons. The van der Waals surface area contributed by atoms with Gasteiger partial charge in [0.2, 0.25) is 21.8 Å². The zero-order valence-corrected chi connectivity index (χ0v) is 17.0. The molecule has 1 aliphatic heterocycles. The second-order valence-corrected chi connectivity index (χ2v) is 8.56. The molecule has 3 rings (SSSR count). The van der Waals surface area contributed by atoms with Gasteiger partial charge in [-0.3, -0.25) is 9.59 Å². The fraction of sp³-hybridized carbons (Fsp3) is 0.250. The van der Waals surface area contributed by atoms with Gasteiger partial charge in [-0.1, -0.05) is 6.07 Å². The largest absolute Gasteiger partial charge is 0.478 e. The van der Waals surface area contributed by atoms with E-state index < -0.39 is 21.9 Å². The average Bonchev–Trinajstić information content (AvgIpc) is 3.11. The number of carboxylic acid groups (broad SMARTS) is 1. The molecule has 2 amide bonds. The maximum absolute atomic E-state index is 12.5. The Morgan fingerprint density at radius 2 is 1.90 bits per heavy atom. The van der Waals surface area contributed by atoms with Crippen LogP contribution in [0.5, 0.6) is 0 Å². The summed E-state index contributed by atoms with van der Waals surface area (Å²) in [6.07, 6.45) is 0.454. The predicted molar refractivity (Wildman–Crippen MR) is 110 cm³/mol. The molecule has 30 heavy (non-hydrogen) atoms. The standard InChI is InChI=1S/C20H21N3O6S/c1-13(24)23-10-8-14-12-17(5-6-18(14)23)30(28,29)21-9-7-19(25)22-16-4-2-3-15(11-16)20(26)27/h2-6,11-12,21H,7-10H2,1H3,(H,22,25)(H,26,27). The predicted octanol–water partition coefficient (Wildman–Crippen LogP) is 1.60. The number of carbonyl (C=O) groups is 3. The number of nitrogens with zero attached hydrogens (tertiary/aromatic N) is 1. The molecule has 0 radical (unpaired) electrons. The summed E-state index contributed by atoms with van der Waals surface area (Å²) in [6.45, 7) is 1.86. The molecule has 9 nitrogen and oxygen atoms in total. The molecule has 3 N–H and O–H groups in total. The summed E-state index contributed by atoms with van der Waals surface area (Å²) < 4.78 is 27.4. The highest BCUT2D eigenvalue weighted by atomic mass is 32.2. The third-order valence-electron chi connectivity index (χ3n) is 4.67. The molecule has 0 atom stereocenters. The number of rotatable bonds is 7. The van der Waals surface area contributed by atoms with Crippen LogP contribution in [0.1, 0.15) is 29.3 Å². The van der Waals surface area contributed by atoms with Crippen LogP contribution in [0.15, 0.2) is 47.4 Å². The molecule has 1 aliphatic rings. The third-order valence-corrected chi connectivity index (χ3v) is 6.13. The Hall–Kier alpha value is -3.24. The first-order chi connectivity index (χ1) is 14.2.